The van der Waals surface area contributed by atoms with Gasteiger partial charge in [0.2, 0.25) is 5.91 Å². The van der Waals surface area contributed by atoms with Gasteiger partial charge in [0.05, 0.1) is 5.56 Å². The fourth-order valence-electron chi connectivity index (χ4n) is 4.04. The summed E-state index contributed by atoms with van der Waals surface area (Å²) in [5, 5.41) is 3.02. The van der Waals surface area contributed by atoms with Gasteiger partial charge in [-0.2, -0.15) is 0 Å². The smallest absolute Gasteiger partial charge is 0.255 e. The molecule has 1 aromatic heterocycles. The van der Waals surface area contributed by atoms with Crippen LogP contribution in [0.4, 0.5) is 0 Å². The minimum absolute atomic E-state index is 0.00163. The van der Waals surface area contributed by atoms with Gasteiger partial charge in [-0.25, -0.2) is 0 Å². The second-order valence-corrected chi connectivity index (χ2v) is 8.94. The van der Waals surface area contributed by atoms with Gasteiger partial charge >= 0.3 is 0 Å². The fraction of sp³-hybridized carbons (Fsp3) is 0.452. The van der Waals surface area contributed by atoms with Crippen LogP contribution in [0.15, 0.2) is 85.3 Å². The minimum Gasteiger partial charge on any atom is -0.354 e. The van der Waals surface area contributed by atoms with E-state index in [9.17, 15) is 9.59 Å². The molecule has 1 atom stereocenters. The SMILES string of the molecule is CCC=CCC=CCC=CCC=CCC=CCCCC(=O)NC[C@@H]1CCCN1C(=O)c1cccnc1. The number of unbranched alkanes of at least 4 members (excludes halogenated alkanes) is 1. The van der Waals surface area contributed by atoms with Gasteiger partial charge in [-0.15, -0.1) is 0 Å². The molecule has 0 aromatic carbocycles. The van der Waals surface area contributed by atoms with Crippen molar-refractivity contribution in [2.24, 2.45) is 0 Å². The Labute approximate surface area is 217 Å². The summed E-state index contributed by atoms with van der Waals surface area (Å²) >= 11 is 0. The van der Waals surface area contributed by atoms with Gasteiger partial charge < -0.3 is 10.2 Å². The number of nitrogens with one attached hydrogen (secondary N) is 1. The van der Waals surface area contributed by atoms with Gasteiger partial charge in [-0.3, -0.25) is 14.6 Å². The number of carbonyl (C=O) groups excluding carboxylic acids is 2. The monoisotopic (exact) mass is 489 g/mol. The van der Waals surface area contributed by atoms with Crippen molar-refractivity contribution in [1.29, 1.82) is 0 Å². The average molecular weight is 490 g/mol. The first-order valence-corrected chi connectivity index (χ1v) is 13.4. The number of hydrogen-bond donors (Lipinski definition) is 1. The molecule has 5 nitrogen and oxygen atoms in total. The van der Waals surface area contributed by atoms with E-state index in [4.69, 9.17) is 0 Å². The summed E-state index contributed by atoms with van der Waals surface area (Å²) in [7, 11) is 0. The largest absolute Gasteiger partial charge is 0.354 e. The Morgan fingerprint density at radius 1 is 0.972 bits per heavy atom. The number of likely N-dealkylation sites (tertiary alicyclic amines) is 1. The summed E-state index contributed by atoms with van der Waals surface area (Å²) in [5.41, 5.74) is 0.604. The van der Waals surface area contributed by atoms with Crippen LogP contribution in [0, 0.1) is 0 Å². The lowest BCUT2D eigenvalue weighted by atomic mass is 10.1. The lowest BCUT2D eigenvalue weighted by molar-refractivity contribution is -0.121. The van der Waals surface area contributed by atoms with Crippen LogP contribution in [0.1, 0.15) is 81.5 Å². The van der Waals surface area contributed by atoms with Crippen molar-refractivity contribution in [2.45, 2.75) is 77.2 Å². The van der Waals surface area contributed by atoms with E-state index < -0.39 is 0 Å². The molecule has 2 heterocycles. The molecule has 0 spiro atoms. The van der Waals surface area contributed by atoms with Gasteiger partial charge in [-0.1, -0.05) is 67.7 Å². The molecular weight excluding hydrogens is 446 g/mol. The normalized spacial score (nSPS) is 16.5. The molecule has 1 N–H and O–H groups in total. The van der Waals surface area contributed by atoms with E-state index in [-0.39, 0.29) is 17.9 Å². The summed E-state index contributed by atoms with van der Waals surface area (Å²) in [6.07, 6.45) is 34.3. The van der Waals surface area contributed by atoms with Crippen LogP contribution < -0.4 is 5.32 Å². The van der Waals surface area contributed by atoms with E-state index in [1.54, 1.807) is 24.5 Å². The molecule has 1 aromatic rings. The zero-order chi connectivity index (χ0) is 25.7. The molecule has 0 bridgehead atoms. The predicted octanol–water partition coefficient (Wildman–Crippen LogP) is 6.72. The number of nitrogens with zero attached hydrogens (tertiary/aromatic N) is 2. The Kier molecular flexibility index (Phi) is 15.3. The van der Waals surface area contributed by atoms with E-state index in [1.807, 2.05) is 4.90 Å². The third kappa shape index (κ3) is 12.5. The second kappa shape index (κ2) is 19.0. The van der Waals surface area contributed by atoms with Crippen LogP contribution in [0.5, 0.6) is 0 Å². The van der Waals surface area contributed by atoms with Crippen molar-refractivity contribution < 1.29 is 9.59 Å². The first-order chi connectivity index (χ1) is 17.7. The number of aromatic nitrogens is 1. The summed E-state index contributed by atoms with van der Waals surface area (Å²) in [5.74, 6) is 0.0567. The topological polar surface area (TPSA) is 62.3 Å². The third-order valence-corrected chi connectivity index (χ3v) is 6.01. The second-order valence-electron chi connectivity index (χ2n) is 8.94. The van der Waals surface area contributed by atoms with E-state index in [2.05, 4.69) is 78.0 Å². The molecule has 5 heteroatoms. The Morgan fingerprint density at radius 3 is 2.22 bits per heavy atom. The Bertz CT molecular complexity index is 900. The highest BCUT2D eigenvalue weighted by Crippen LogP contribution is 2.19. The molecule has 1 aliphatic rings. The number of amides is 2. The zero-order valence-corrected chi connectivity index (χ0v) is 21.9. The molecule has 2 rings (SSSR count). The lowest BCUT2D eigenvalue weighted by Gasteiger charge is -2.25. The van der Waals surface area contributed by atoms with Gasteiger partial charge in [0.25, 0.3) is 5.91 Å². The molecule has 0 radical (unpaired) electrons. The highest BCUT2D eigenvalue weighted by Gasteiger charge is 2.29. The molecule has 0 saturated carbocycles. The van der Waals surface area contributed by atoms with Crippen molar-refractivity contribution in [3.8, 4) is 0 Å². The van der Waals surface area contributed by atoms with Crippen LogP contribution in [-0.4, -0.2) is 40.8 Å². The Morgan fingerprint density at radius 2 is 1.61 bits per heavy atom. The molecule has 1 aliphatic heterocycles. The quantitative estimate of drug-likeness (QED) is 0.207. The fourth-order valence-corrected chi connectivity index (χ4v) is 4.04. The molecule has 1 fully saturated rings. The van der Waals surface area contributed by atoms with Crippen LogP contribution in [0.25, 0.3) is 0 Å². The number of allylic oxidation sites excluding steroid dienone is 10. The molecule has 1 saturated heterocycles. The number of pyridine rings is 1. The predicted molar refractivity (Wildman–Crippen MR) is 150 cm³/mol. The molecule has 0 aliphatic carbocycles. The van der Waals surface area contributed by atoms with Crippen LogP contribution in [0.3, 0.4) is 0 Å². The maximum absolute atomic E-state index is 12.7. The molecular formula is C31H43N3O2. The van der Waals surface area contributed by atoms with Crippen LogP contribution >= 0.6 is 0 Å². The molecule has 36 heavy (non-hydrogen) atoms. The molecule has 2 amide bonds. The van der Waals surface area contributed by atoms with Gasteiger partial charge in [0.1, 0.15) is 0 Å². The molecule has 0 unspecified atom stereocenters. The summed E-state index contributed by atoms with van der Waals surface area (Å²) < 4.78 is 0. The van der Waals surface area contributed by atoms with Crippen LogP contribution in [0.2, 0.25) is 0 Å². The Hall–Kier alpha value is -3.21. The van der Waals surface area contributed by atoms with Crippen molar-refractivity contribution in [2.75, 3.05) is 13.1 Å². The summed E-state index contributed by atoms with van der Waals surface area (Å²) in [6.45, 7) is 3.40. The summed E-state index contributed by atoms with van der Waals surface area (Å²) in [6, 6.07) is 3.63. The van der Waals surface area contributed by atoms with E-state index in [1.165, 1.54) is 0 Å². The average Bonchev–Trinajstić information content (AvgIpc) is 3.38. The van der Waals surface area contributed by atoms with Crippen molar-refractivity contribution in [3.63, 3.8) is 0 Å². The highest BCUT2D eigenvalue weighted by atomic mass is 16.2. The number of carbonyl (C=O) groups is 2. The van der Waals surface area contributed by atoms with Crippen LogP contribution in [-0.2, 0) is 4.79 Å². The highest BCUT2D eigenvalue weighted by molar-refractivity contribution is 5.94. The number of hydrogen-bond acceptors (Lipinski definition) is 3. The lowest BCUT2D eigenvalue weighted by Crippen LogP contribution is -2.43. The van der Waals surface area contributed by atoms with Crippen molar-refractivity contribution in [1.82, 2.24) is 15.2 Å². The molecule has 194 valence electrons. The zero-order valence-electron chi connectivity index (χ0n) is 21.9. The maximum atomic E-state index is 12.7. The summed E-state index contributed by atoms with van der Waals surface area (Å²) in [4.78, 5) is 30.8. The third-order valence-electron chi connectivity index (χ3n) is 6.01. The van der Waals surface area contributed by atoms with Crippen molar-refractivity contribution in [3.05, 3.63) is 90.9 Å². The van der Waals surface area contributed by atoms with Gasteiger partial charge in [0, 0.05) is 37.9 Å². The van der Waals surface area contributed by atoms with E-state index in [0.717, 1.165) is 64.3 Å². The van der Waals surface area contributed by atoms with Crippen molar-refractivity contribution >= 4 is 11.8 Å². The first-order valence-electron chi connectivity index (χ1n) is 13.4. The number of rotatable bonds is 16. The van der Waals surface area contributed by atoms with E-state index >= 15 is 0 Å². The van der Waals surface area contributed by atoms with Gasteiger partial charge in [-0.05, 0) is 69.9 Å². The van der Waals surface area contributed by atoms with Gasteiger partial charge in [0.15, 0.2) is 0 Å². The van der Waals surface area contributed by atoms with E-state index in [0.29, 0.717) is 18.5 Å². The first kappa shape index (κ1) is 29.0. The minimum atomic E-state index is -0.00163. The standard InChI is InChI=1S/C31H43N3O2/c1-2-3-4-5-6-7-8-9-10-11-12-13-14-15-16-17-18-23-30(35)33-27-29-22-20-25-34(29)31(36)28-21-19-24-32-26-28/h3-4,6-7,9-10,12-13,15-16,19,21,24,26,29H,2,5,8,11,14,17-18,20,22-23,25,27H2,1H3,(H,33,35)/t29-/m0/s1. The maximum Gasteiger partial charge on any atom is 0.255 e. The Balaban J connectivity index is 1.50.